The fourth-order valence-electron chi connectivity index (χ4n) is 2.19. The maximum Gasteiger partial charge on any atom is 0.224 e. The van der Waals surface area contributed by atoms with Crippen molar-refractivity contribution in [3.63, 3.8) is 0 Å². The summed E-state index contributed by atoms with van der Waals surface area (Å²) in [6.07, 6.45) is 4.01. The second-order valence-electron chi connectivity index (χ2n) is 5.29. The molecule has 0 spiro atoms. The smallest absolute Gasteiger partial charge is 0.224 e. The molecular weight excluding hydrogens is 230 g/mol. The molecule has 1 fully saturated rings. The van der Waals surface area contributed by atoms with Crippen molar-refractivity contribution in [3.8, 4) is 0 Å². The molecule has 0 radical (unpaired) electrons. The van der Waals surface area contributed by atoms with Gasteiger partial charge in [-0.15, -0.1) is 0 Å². The van der Waals surface area contributed by atoms with Crippen molar-refractivity contribution in [3.05, 3.63) is 0 Å². The van der Waals surface area contributed by atoms with E-state index in [0.717, 1.165) is 25.7 Å². The maximum absolute atomic E-state index is 11.9. The zero-order valence-corrected chi connectivity index (χ0v) is 11.4. The number of hydrogen-bond donors (Lipinski definition) is 3. The lowest BCUT2D eigenvalue weighted by molar-refractivity contribution is -0.127. The van der Waals surface area contributed by atoms with Gasteiger partial charge in [-0.25, -0.2) is 0 Å². The predicted molar refractivity (Wildman–Crippen MR) is 70.8 cm³/mol. The molecule has 18 heavy (non-hydrogen) atoms. The Bertz CT molecular complexity index is 292. The first-order valence-corrected chi connectivity index (χ1v) is 6.83. The van der Waals surface area contributed by atoms with Crippen LogP contribution in [0.5, 0.6) is 0 Å². The first kappa shape index (κ1) is 15.0. The third-order valence-corrected chi connectivity index (χ3v) is 3.40. The molecule has 5 heteroatoms. The highest BCUT2D eigenvalue weighted by atomic mass is 16.2. The van der Waals surface area contributed by atoms with Gasteiger partial charge >= 0.3 is 0 Å². The summed E-state index contributed by atoms with van der Waals surface area (Å²) in [5.41, 5.74) is 5.94. The molecule has 1 aliphatic carbocycles. The van der Waals surface area contributed by atoms with Crippen LogP contribution >= 0.6 is 0 Å². The van der Waals surface area contributed by atoms with Crippen molar-refractivity contribution < 1.29 is 9.59 Å². The summed E-state index contributed by atoms with van der Waals surface area (Å²) in [4.78, 5) is 23.2. The topological polar surface area (TPSA) is 84.2 Å². The normalized spacial score (nSPS) is 23.8. The summed E-state index contributed by atoms with van der Waals surface area (Å²) < 4.78 is 0. The van der Waals surface area contributed by atoms with Gasteiger partial charge in [0.1, 0.15) is 0 Å². The van der Waals surface area contributed by atoms with Gasteiger partial charge in [-0.1, -0.05) is 26.7 Å². The minimum absolute atomic E-state index is 0.0102. The molecule has 0 aliphatic heterocycles. The average molecular weight is 255 g/mol. The summed E-state index contributed by atoms with van der Waals surface area (Å²) in [6, 6.07) is -0.0102. The van der Waals surface area contributed by atoms with E-state index in [1.807, 2.05) is 13.8 Å². The molecule has 1 saturated carbocycles. The Hall–Kier alpha value is -1.10. The van der Waals surface area contributed by atoms with Crippen molar-refractivity contribution in [2.45, 2.75) is 45.6 Å². The van der Waals surface area contributed by atoms with Gasteiger partial charge in [-0.05, 0) is 12.8 Å². The molecule has 0 aromatic rings. The Morgan fingerprint density at radius 1 is 1.17 bits per heavy atom. The fourth-order valence-corrected chi connectivity index (χ4v) is 2.19. The number of hydrogen-bond acceptors (Lipinski definition) is 3. The van der Waals surface area contributed by atoms with Crippen molar-refractivity contribution in [2.75, 3.05) is 13.1 Å². The molecule has 2 atom stereocenters. The Balaban J connectivity index is 2.18. The van der Waals surface area contributed by atoms with E-state index < -0.39 is 0 Å². The molecule has 104 valence electrons. The van der Waals surface area contributed by atoms with Crippen LogP contribution in [0.3, 0.4) is 0 Å². The second kappa shape index (κ2) is 7.36. The van der Waals surface area contributed by atoms with Crippen LogP contribution in [-0.4, -0.2) is 30.9 Å². The minimum Gasteiger partial charge on any atom is -0.354 e. The van der Waals surface area contributed by atoms with E-state index in [9.17, 15) is 9.59 Å². The van der Waals surface area contributed by atoms with Crippen LogP contribution in [0.25, 0.3) is 0 Å². The number of nitrogens with one attached hydrogen (secondary N) is 2. The van der Waals surface area contributed by atoms with E-state index in [4.69, 9.17) is 5.73 Å². The number of carbonyl (C=O) groups is 2. The van der Waals surface area contributed by atoms with E-state index in [1.54, 1.807) is 0 Å². The van der Waals surface area contributed by atoms with Crippen molar-refractivity contribution in [1.82, 2.24) is 10.6 Å². The SMILES string of the molecule is CC(C)C(=O)NCCNC(=O)C1CCCCC1N. The van der Waals surface area contributed by atoms with E-state index in [0.29, 0.717) is 13.1 Å². The van der Waals surface area contributed by atoms with Crippen molar-refractivity contribution >= 4 is 11.8 Å². The van der Waals surface area contributed by atoms with Crippen LogP contribution in [0.4, 0.5) is 0 Å². The minimum atomic E-state index is -0.0560. The predicted octanol–water partition coefficient (Wildman–Crippen LogP) is 0.392. The van der Waals surface area contributed by atoms with Crippen LogP contribution in [-0.2, 0) is 9.59 Å². The first-order valence-electron chi connectivity index (χ1n) is 6.83. The van der Waals surface area contributed by atoms with Gasteiger partial charge in [0, 0.05) is 25.0 Å². The molecule has 0 saturated heterocycles. The van der Waals surface area contributed by atoms with Crippen molar-refractivity contribution in [2.24, 2.45) is 17.6 Å². The fraction of sp³-hybridized carbons (Fsp3) is 0.846. The van der Waals surface area contributed by atoms with Crippen molar-refractivity contribution in [1.29, 1.82) is 0 Å². The number of carbonyl (C=O) groups excluding carboxylic acids is 2. The number of amides is 2. The Morgan fingerprint density at radius 3 is 2.39 bits per heavy atom. The average Bonchev–Trinajstić information content (AvgIpc) is 2.34. The van der Waals surface area contributed by atoms with Gasteiger partial charge in [0.15, 0.2) is 0 Å². The number of rotatable bonds is 5. The molecule has 0 bridgehead atoms. The molecule has 2 amide bonds. The summed E-state index contributed by atoms with van der Waals surface area (Å²) in [5.74, 6) is -0.0355. The summed E-state index contributed by atoms with van der Waals surface area (Å²) in [6.45, 7) is 4.63. The van der Waals surface area contributed by atoms with Gasteiger partial charge in [0.25, 0.3) is 0 Å². The lowest BCUT2D eigenvalue weighted by atomic mass is 9.84. The third-order valence-electron chi connectivity index (χ3n) is 3.40. The zero-order chi connectivity index (χ0) is 13.5. The van der Waals surface area contributed by atoms with Gasteiger partial charge in [-0.2, -0.15) is 0 Å². The van der Waals surface area contributed by atoms with E-state index in [2.05, 4.69) is 10.6 Å². The number of nitrogens with two attached hydrogens (primary N) is 1. The van der Waals surface area contributed by atoms with Gasteiger partial charge < -0.3 is 16.4 Å². The van der Waals surface area contributed by atoms with E-state index in [1.165, 1.54) is 0 Å². The highest BCUT2D eigenvalue weighted by Crippen LogP contribution is 2.22. The maximum atomic E-state index is 11.9. The van der Waals surface area contributed by atoms with E-state index >= 15 is 0 Å². The molecule has 0 heterocycles. The highest BCUT2D eigenvalue weighted by molar-refractivity contribution is 5.80. The molecule has 1 aliphatic rings. The van der Waals surface area contributed by atoms with Crippen LogP contribution in [0.1, 0.15) is 39.5 Å². The van der Waals surface area contributed by atoms with Gasteiger partial charge in [-0.3, -0.25) is 9.59 Å². The molecule has 1 rings (SSSR count). The Labute approximate surface area is 109 Å². The molecule has 2 unspecified atom stereocenters. The molecule has 0 aromatic heterocycles. The van der Waals surface area contributed by atoms with Gasteiger partial charge in [0.05, 0.1) is 5.92 Å². The lowest BCUT2D eigenvalue weighted by Crippen LogP contribution is -2.45. The third kappa shape index (κ3) is 4.64. The largest absolute Gasteiger partial charge is 0.354 e. The molecular formula is C13H25N3O2. The second-order valence-corrected chi connectivity index (χ2v) is 5.29. The summed E-state index contributed by atoms with van der Waals surface area (Å²) in [7, 11) is 0. The summed E-state index contributed by atoms with van der Waals surface area (Å²) >= 11 is 0. The summed E-state index contributed by atoms with van der Waals surface area (Å²) in [5, 5.41) is 5.61. The lowest BCUT2D eigenvalue weighted by Gasteiger charge is -2.27. The quantitative estimate of drug-likeness (QED) is 0.621. The zero-order valence-electron chi connectivity index (χ0n) is 11.4. The van der Waals surface area contributed by atoms with Crippen LogP contribution in [0, 0.1) is 11.8 Å². The molecule has 0 aromatic carbocycles. The molecule has 4 N–H and O–H groups in total. The van der Waals surface area contributed by atoms with E-state index in [-0.39, 0.29) is 29.7 Å². The Kier molecular flexibility index (Phi) is 6.12. The van der Waals surface area contributed by atoms with Crippen LogP contribution in [0.2, 0.25) is 0 Å². The van der Waals surface area contributed by atoms with Crippen LogP contribution < -0.4 is 16.4 Å². The van der Waals surface area contributed by atoms with Gasteiger partial charge in [0.2, 0.25) is 11.8 Å². The Morgan fingerprint density at radius 2 is 1.78 bits per heavy atom. The molecule has 5 nitrogen and oxygen atoms in total. The van der Waals surface area contributed by atoms with Crippen LogP contribution in [0.15, 0.2) is 0 Å². The monoisotopic (exact) mass is 255 g/mol. The standard InChI is InChI=1S/C13H25N3O2/c1-9(2)12(17)15-7-8-16-13(18)10-5-3-4-6-11(10)14/h9-11H,3-8,14H2,1-2H3,(H,15,17)(H,16,18). The highest BCUT2D eigenvalue weighted by Gasteiger charge is 2.27. The first-order chi connectivity index (χ1) is 8.52.